The van der Waals surface area contributed by atoms with Crippen LogP contribution in [0.3, 0.4) is 0 Å². The van der Waals surface area contributed by atoms with Gasteiger partial charge in [-0.05, 0) is 73.4 Å². The van der Waals surface area contributed by atoms with E-state index in [0.717, 1.165) is 23.1 Å². The summed E-state index contributed by atoms with van der Waals surface area (Å²) in [6, 6.07) is 11.7. The second-order valence-corrected chi connectivity index (χ2v) is 7.30. The van der Waals surface area contributed by atoms with Crippen LogP contribution in [0.25, 0.3) is 11.1 Å². The highest BCUT2D eigenvalue weighted by Gasteiger charge is 2.17. The fraction of sp³-hybridized carbons (Fsp3) is 0.360. The molecule has 1 fully saturated rings. The van der Waals surface area contributed by atoms with E-state index in [4.69, 9.17) is 0 Å². The Kier molecular flexibility index (Phi) is 6.82. The van der Waals surface area contributed by atoms with Crippen molar-refractivity contribution in [1.82, 2.24) is 0 Å². The molecule has 0 bridgehead atoms. The molecule has 2 aromatic carbocycles. The molecule has 3 rings (SSSR count). The lowest BCUT2D eigenvalue weighted by molar-refractivity contribution is 0.364. The van der Waals surface area contributed by atoms with Gasteiger partial charge in [0.25, 0.3) is 0 Å². The third-order valence-electron chi connectivity index (χ3n) is 5.19. The average molecular weight is 364 g/mol. The molecular formula is C25H26F2. The fourth-order valence-corrected chi connectivity index (χ4v) is 3.52. The summed E-state index contributed by atoms with van der Waals surface area (Å²) in [6.45, 7) is 2.21. The van der Waals surface area contributed by atoms with Gasteiger partial charge in [0.2, 0.25) is 0 Å². The maximum atomic E-state index is 13.4. The normalized spacial score (nSPS) is 19.7. The summed E-state index contributed by atoms with van der Waals surface area (Å²) in [5, 5.41) is 0. The van der Waals surface area contributed by atoms with Crippen LogP contribution in [-0.2, 0) is 0 Å². The summed E-state index contributed by atoms with van der Waals surface area (Å²) < 4.78 is 26.4. The van der Waals surface area contributed by atoms with Crippen LogP contribution in [0.1, 0.15) is 51.0 Å². The van der Waals surface area contributed by atoms with Gasteiger partial charge in [-0.3, -0.25) is 0 Å². The smallest absolute Gasteiger partial charge is 0.159 e. The van der Waals surface area contributed by atoms with Crippen molar-refractivity contribution in [1.29, 1.82) is 0 Å². The van der Waals surface area contributed by atoms with Gasteiger partial charge < -0.3 is 0 Å². The van der Waals surface area contributed by atoms with Crippen LogP contribution in [0.4, 0.5) is 8.78 Å². The molecule has 0 spiro atoms. The average Bonchev–Trinajstić information content (AvgIpc) is 2.70. The van der Waals surface area contributed by atoms with Crippen LogP contribution < -0.4 is 0 Å². The van der Waals surface area contributed by atoms with Gasteiger partial charge in [0, 0.05) is 11.5 Å². The maximum Gasteiger partial charge on any atom is 0.159 e. The van der Waals surface area contributed by atoms with Gasteiger partial charge in [-0.15, -0.1) is 0 Å². The second-order valence-electron chi connectivity index (χ2n) is 7.30. The Labute approximate surface area is 161 Å². The molecule has 0 radical (unpaired) electrons. The summed E-state index contributed by atoms with van der Waals surface area (Å²) in [5.74, 6) is 6.26. The van der Waals surface area contributed by atoms with Crippen molar-refractivity contribution in [2.45, 2.75) is 45.4 Å². The predicted molar refractivity (Wildman–Crippen MR) is 108 cm³/mol. The molecule has 0 aliphatic heterocycles. The standard InChI is InChI=1S/C25H26F2/c1-2-3-4-5-19-6-8-20(9-7-19)10-11-21-12-14-22(15-13-21)23-16-17-24(26)25(27)18-23/h4-5,12-20H,2-3,6-9H2,1H3/b5-4+/t19-,20-. The van der Waals surface area contributed by atoms with E-state index in [1.54, 1.807) is 6.07 Å². The first-order valence-electron chi connectivity index (χ1n) is 9.89. The first-order chi connectivity index (χ1) is 13.2. The molecule has 0 N–H and O–H groups in total. The highest BCUT2D eigenvalue weighted by atomic mass is 19.2. The Hall–Kier alpha value is -2.40. The molecule has 1 aliphatic carbocycles. The van der Waals surface area contributed by atoms with E-state index in [9.17, 15) is 8.78 Å². The Morgan fingerprint density at radius 3 is 2.30 bits per heavy atom. The van der Waals surface area contributed by atoms with Crippen molar-refractivity contribution < 1.29 is 8.78 Å². The summed E-state index contributed by atoms with van der Waals surface area (Å²) in [6.07, 6.45) is 11.9. The van der Waals surface area contributed by atoms with Crippen LogP contribution in [-0.4, -0.2) is 0 Å². The molecular weight excluding hydrogens is 338 g/mol. The van der Waals surface area contributed by atoms with Crippen LogP contribution in [0.2, 0.25) is 0 Å². The molecule has 2 aromatic rings. The van der Waals surface area contributed by atoms with Gasteiger partial charge >= 0.3 is 0 Å². The zero-order valence-electron chi connectivity index (χ0n) is 15.8. The minimum Gasteiger partial charge on any atom is -0.204 e. The first kappa shape index (κ1) is 19.4. The lowest BCUT2D eigenvalue weighted by Crippen LogP contribution is -2.11. The molecule has 27 heavy (non-hydrogen) atoms. The zero-order chi connectivity index (χ0) is 19.1. The van der Waals surface area contributed by atoms with Crippen molar-refractivity contribution in [3.8, 4) is 23.0 Å². The van der Waals surface area contributed by atoms with E-state index in [1.807, 2.05) is 24.3 Å². The molecule has 1 saturated carbocycles. The lowest BCUT2D eigenvalue weighted by atomic mass is 9.82. The fourth-order valence-electron chi connectivity index (χ4n) is 3.52. The first-order valence-corrected chi connectivity index (χ1v) is 9.89. The van der Waals surface area contributed by atoms with Gasteiger partial charge in [-0.25, -0.2) is 8.78 Å². The molecule has 0 nitrogen and oxygen atoms in total. The largest absolute Gasteiger partial charge is 0.204 e. The number of benzene rings is 2. The van der Waals surface area contributed by atoms with E-state index in [0.29, 0.717) is 11.5 Å². The predicted octanol–water partition coefficient (Wildman–Crippen LogP) is 7.15. The Balaban J connectivity index is 1.57. The Bertz CT molecular complexity index is 829. The Morgan fingerprint density at radius 1 is 0.926 bits per heavy atom. The number of rotatable bonds is 4. The summed E-state index contributed by atoms with van der Waals surface area (Å²) >= 11 is 0. The minimum atomic E-state index is -0.823. The maximum absolute atomic E-state index is 13.4. The van der Waals surface area contributed by atoms with Crippen LogP contribution in [0.5, 0.6) is 0 Å². The third-order valence-corrected chi connectivity index (χ3v) is 5.19. The molecule has 0 aromatic heterocycles. The Morgan fingerprint density at radius 2 is 1.63 bits per heavy atom. The quantitative estimate of drug-likeness (QED) is 0.399. The van der Waals surface area contributed by atoms with Crippen molar-refractivity contribution in [2.75, 3.05) is 0 Å². The molecule has 0 atom stereocenters. The molecule has 0 saturated heterocycles. The van der Waals surface area contributed by atoms with Gasteiger partial charge in [0.15, 0.2) is 11.6 Å². The highest BCUT2D eigenvalue weighted by molar-refractivity contribution is 5.64. The van der Waals surface area contributed by atoms with Crippen molar-refractivity contribution in [3.05, 3.63) is 71.8 Å². The van der Waals surface area contributed by atoms with Gasteiger partial charge in [0.05, 0.1) is 0 Å². The van der Waals surface area contributed by atoms with E-state index in [-0.39, 0.29) is 0 Å². The molecule has 0 amide bonds. The molecule has 2 heteroatoms. The van der Waals surface area contributed by atoms with E-state index in [1.165, 1.54) is 44.6 Å². The van der Waals surface area contributed by atoms with Gasteiger partial charge in [-0.2, -0.15) is 0 Å². The van der Waals surface area contributed by atoms with Crippen LogP contribution >= 0.6 is 0 Å². The molecule has 140 valence electrons. The summed E-state index contributed by atoms with van der Waals surface area (Å²) in [5.41, 5.74) is 2.49. The minimum absolute atomic E-state index is 0.478. The number of hydrogen-bond acceptors (Lipinski definition) is 0. The van der Waals surface area contributed by atoms with E-state index >= 15 is 0 Å². The summed E-state index contributed by atoms with van der Waals surface area (Å²) in [7, 11) is 0. The molecule has 1 aliphatic rings. The third kappa shape index (κ3) is 5.54. The SMILES string of the molecule is CCC/C=C/[C@H]1CC[C@H](C#Cc2ccc(-c3ccc(F)c(F)c3)cc2)CC1. The van der Waals surface area contributed by atoms with Gasteiger partial charge in [-0.1, -0.05) is 55.5 Å². The van der Waals surface area contributed by atoms with E-state index < -0.39 is 11.6 Å². The van der Waals surface area contributed by atoms with Crippen LogP contribution in [0.15, 0.2) is 54.6 Å². The second kappa shape index (κ2) is 9.51. The molecule has 0 unspecified atom stereocenters. The zero-order valence-corrected chi connectivity index (χ0v) is 15.8. The number of halogens is 2. The number of hydrogen-bond donors (Lipinski definition) is 0. The monoisotopic (exact) mass is 364 g/mol. The molecule has 0 heterocycles. The van der Waals surface area contributed by atoms with Crippen molar-refractivity contribution in [2.24, 2.45) is 11.8 Å². The lowest BCUT2D eigenvalue weighted by Gasteiger charge is -2.23. The topological polar surface area (TPSA) is 0 Å². The summed E-state index contributed by atoms with van der Waals surface area (Å²) in [4.78, 5) is 0. The van der Waals surface area contributed by atoms with Crippen LogP contribution in [0, 0.1) is 35.3 Å². The number of allylic oxidation sites excluding steroid dienone is 2. The highest BCUT2D eigenvalue weighted by Crippen LogP contribution is 2.29. The van der Waals surface area contributed by atoms with Gasteiger partial charge in [0.1, 0.15) is 0 Å². The van der Waals surface area contributed by atoms with Crippen molar-refractivity contribution >= 4 is 0 Å². The number of unbranched alkanes of at least 4 members (excludes halogenated alkanes) is 1. The van der Waals surface area contributed by atoms with E-state index in [2.05, 4.69) is 30.9 Å². The van der Waals surface area contributed by atoms with Crippen molar-refractivity contribution in [3.63, 3.8) is 0 Å².